The summed E-state index contributed by atoms with van der Waals surface area (Å²) in [5.74, 6) is -0.472. The van der Waals surface area contributed by atoms with E-state index in [0.29, 0.717) is 13.1 Å². The lowest BCUT2D eigenvalue weighted by molar-refractivity contribution is 0.0955. The minimum Gasteiger partial charge on any atom is -0.267 e. The van der Waals surface area contributed by atoms with Crippen LogP contribution >= 0.6 is 0 Å². The molecule has 0 aliphatic carbocycles. The van der Waals surface area contributed by atoms with E-state index in [-0.39, 0.29) is 10.5 Å². The predicted molar refractivity (Wildman–Crippen MR) is 113 cm³/mol. The van der Waals surface area contributed by atoms with Crippen molar-refractivity contribution in [2.75, 3.05) is 13.1 Å². The maximum Gasteiger partial charge on any atom is 0.271 e. The summed E-state index contributed by atoms with van der Waals surface area (Å²) in [6.07, 6.45) is 3.48. The van der Waals surface area contributed by atoms with Gasteiger partial charge in [-0.15, -0.1) is 0 Å². The number of nitrogens with one attached hydrogen (secondary N) is 1. The lowest BCUT2D eigenvalue weighted by Crippen LogP contribution is -2.30. The average molecular weight is 400 g/mol. The van der Waals surface area contributed by atoms with Gasteiger partial charge in [-0.05, 0) is 36.3 Å². The predicted octanol–water partition coefficient (Wildman–Crippen LogP) is 3.54. The second-order valence-electron chi connectivity index (χ2n) is 6.12. The molecule has 0 bridgehead atoms. The zero-order valence-electron chi connectivity index (χ0n) is 16.3. The number of carbonyl (C=O) groups is 1. The van der Waals surface area contributed by atoms with Crippen LogP contribution in [0.4, 0.5) is 0 Å². The highest BCUT2D eigenvalue weighted by atomic mass is 32.2. The van der Waals surface area contributed by atoms with E-state index < -0.39 is 15.9 Å². The van der Waals surface area contributed by atoms with Crippen LogP contribution in [0.2, 0.25) is 0 Å². The topological polar surface area (TPSA) is 78.8 Å². The maximum absolute atomic E-state index is 12.6. The van der Waals surface area contributed by atoms with Crippen LogP contribution in [0.15, 0.2) is 70.2 Å². The third-order valence-electron chi connectivity index (χ3n) is 4.07. The van der Waals surface area contributed by atoms with Gasteiger partial charge in [0.2, 0.25) is 10.0 Å². The van der Waals surface area contributed by atoms with Gasteiger partial charge in [-0.3, -0.25) is 4.79 Å². The smallest absolute Gasteiger partial charge is 0.267 e. The molecule has 0 aliphatic heterocycles. The van der Waals surface area contributed by atoms with Crippen LogP contribution < -0.4 is 5.43 Å². The number of benzene rings is 2. The van der Waals surface area contributed by atoms with Crippen molar-refractivity contribution in [2.24, 2.45) is 5.10 Å². The van der Waals surface area contributed by atoms with Crippen LogP contribution in [0.5, 0.6) is 0 Å². The van der Waals surface area contributed by atoms with Gasteiger partial charge < -0.3 is 0 Å². The number of hydrogen-bond acceptors (Lipinski definition) is 4. The van der Waals surface area contributed by atoms with Crippen LogP contribution in [0.3, 0.4) is 0 Å². The lowest BCUT2D eigenvalue weighted by atomic mass is 10.1. The Morgan fingerprint density at radius 1 is 1.07 bits per heavy atom. The first-order valence-electron chi connectivity index (χ1n) is 9.05. The summed E-state index contributed by atoms with van der Waals surface area (Å²) in [7, 11) is -3.62. The zero-order chi connectivity index (χ0) is 20.6. The molecule has 148 valence electrons. The Morgan fingerprint density at radius 3 is 2.39 bits per heavy atom. The summed E-state index contributed by atoms with van der Waals surface area (Å²) in [5.41, 5.74) is 4.56. The van der Waals surface area contributed by atoms with Crippen molar-refractivity contribution in [3.63, 3.8) is 0 Å². The van der Waals surface area contributed by atoms with Gasteiger partial charge >= 0.3 is 0 Å². The fraction of sp³-hybridized carbons (Fsp3) is 0.238. The number of amides is 1. The molecular formula is C21H25N3O3S. The Balaban J connectivity index is 2.10. The minimum atomic E-state index is -3.62. The van der Waals surface area contributed by atoms with Gasteiger partial charge in [-0.25, -0.2) is 13.8 Å². The number of nitrogens with zero attached hydrogens (tertiary/aromatic N) is 2. The molecule has 0 spiro atoms. The van der Waals surface area contributed by atoms with Crippen LogP contribution in [0.1, 0.15) is 36.7 Å². The van der Waals surface area contributed by atoms with Crippen LogP contribution in [-0.4, -0.2) is 37.9 Å². The first-order chi connectivity index (χ1) is 13.4. The molecule has 0 atom stereocenters. The molecule has 0 fully saturated rings. The second kappa shape index (κ2) is 9.96. The maximum atomic E-state index is 12.6. The standard InChI is InChI=1S/C21H25N3O3S/c1-4-24(5-2)28(26,27)20-13-9-12-19(15-20)21(25)23-22-16-17(3)14-18-10-7-6-8-11-18/h6-16H,4-5H2,1-3H3,(H,23,25)/b17-14+,22-16-. The monoisotopic (exact) mass is 399 g/mol. The Morgan fingerprint density at radius 2 is 1.75 bits per heavy atom. The number of hydrogen-bond donors (Lipinski definition) is 1. The summed E-state index contributed by atoms with van der Waals surface area (Å²) in [5, 5.41) is 3.95. The van der Waals surface area contributed by atoms with Gasteiger partial charge in [-0.1, -0.05) is 56.3 Å². The van der Waals surface area contributed by atoms with Crippen molar-refractivity contribution in [1.82, 2.24) is 9.73 Å². The van der Waals surface area contributed by atoms with E-state index in [4.69, 9.17) is 0 Å². The third kappa shape index (κ3) is 5.61. The summed E-state index contributed by atoms with van der Waals surface area (Å²) in [6.45, 7) is 6.16. The quantitative estimate of drug-likeness (QED) is 0.545. The third-order valence-corrected chi connectivity index (χ3v) is 6.11. The van der Waals surface area contributed by atoms with E-state index in [1.54, 1.807) is 32.2 Å². The Kier molecular flexibility index (Phi) is 7.66. The number of hydrazone groups is 1. The van der Waals surface area contributed by atoms with Gasteiger partial charge in [0.15, 0.2) is 0 Å². The molecule has 0 heterocycles. The van der Waals surface area contributed by atoms with Crippen molar-refractivity contribution in [2.45, 2.75) is 25.7 Å². The summed E-state index contributed by atoms with van der Waals surface area (Å²) < 4.78 is 26.6. The van der Waals surface area contributed by atoms with Gasteiger partial charge in [0.25, 0.3) is 5.91 Å². The Hall–Kier alpha value is -2.77. The molecule has 0 radical (unpaired) electrons. The van der Waals surface area contributed by atoms with E-state index in [1.807, 2.05) is 43.3 Å². The van der Waals surface area contributed by atoms with E-state index >= 15 is 0 Å². The molecule has 0 aromatic heterocycles. The highest BCUT2D eigenvalue weighted by Crippen LogP contribution is 2.17. The summed E-state index contributed by atoms with van der Waals surface area (Å²) >= 11 is 0. The molecule has 0 aliphatic rings. The zero-order valence-corrected chi connectivity index (χ0v) is 17.1. The normalized spacial score (nSPS) is 12.5. The molecule has 28 heavy (non-hydrogen) atoms. The molecule has 0 unspecified atom stereocenters. The fourth-order valence-electron chi connectivity index (χ4n) is 2.62. The van der Waals surface area contributed by atoms with Crippen LogP contribution in [-0.2, 0) is 10.0 Å². The van der Waals surface area contributed by atoms with E-state index in [0.717, 1.165) is 11.1 Å². The molecule has 0 saturated heterocycles. The van der Waals surface area contributed by atoms with Gasteiger partial charge in [0.1, 0.15) is 0 Å². The average Bonchev–Trinajstić information content (AvgIpc) is 2.69. The van der Waals surface area contributed by atoms with Crippen molar-refractivity contribution >= 4 is 28.2 Å². The number of carbonyl (C=O) groups excluding carboxylic acids is 1. The highest BCUT2D eigenvalue weighted by molar-refractivity contribution is 7.89. The largest absolute Gasteiger partial charge is 0.271 e. The minimum absolute atomic E-state index is 0.0907. The molecule has 2 rings (SSSR count). The van der Waals surface area contributed by atoms with E-state index in [2.05, 4.69) is 10.5 Å². The number of sulfonamides is 1. The molecule has 0 saturated carbocycles. The van der Waals surface area contributed by atoms with Crippen molar-refractivity contribution in [3.8, 4) is 0 Å². The fourth-order valence-corrected chi connectivity index (χ4v) is 4.12. The molecule has 7 heteroatoms. The van der Waals surface area contributed by atoms with Crippen molar-refractivity contribution in [3.05, 3.63) is 71.3 Å². The summed E-state index contributed by atoms with van der Waals surface area (Å²) in [6, 6.07) is 15.7. The molecule has 6 nitrogen and oxygen atoms in total. The van der Waals surface area contributed by atoms with Gasteiger partial charge in [-0.2, -0.15) is 9.41 Å². The molecule has 2 aromatic carbocycles. The molecular weight excluding hydrogens is 374 g/mol. The van der Waals surface area contributed by atoms with Crippen LogP contribution in [0.25, 0.3) is 6.08 Å². The number of rotatable bonds is 8. The van der Waals surface area contributed by atoms with E-state index in [1.165, 1.54) is 16.4 Å². The molecule has 2 aromatic rings. The van der Waals surface area contributed by atoms with Gasteiger partial charge in [0, 0.05) is 18.7 Å². The van der Waals surface area contributed by atoms with Crippen molar-refractivity contribution in [1.29, 1.82) is 0 Å². The molecule has 1 N–H and O–H groups in total. The summed E-state index contributed by atoms with van der Waals surface area (Å²) in [4.78, 5) is 12.4. The van der Waals surface area contributed by atoms with Crippen molar-refractivity contribution < 1.29 is 13.2 Å². The first kappa shape index (κ1) is 21.5. The first-order valence-corrected chi connectivity index (χ1v) is 10.5. The van der Waals surface area contributed by atoms with Crippen LogP contribution in [0, 0.1) is 0 Å². The van der Waals surface area contributed by atoms with Gasteiger partial charge in [0.05, 0.1) is 11.1 Å². The molecule has 1 amide bonds. The lowest BCUT2D eigenvalue weighted by Gasteiger charge is -2.18. The highest BCUT2D eigenvalue weighted by Gasteiger charge is 2.22. The Bertz CT molecular complexity index is 963. The Labute approximate surface area is 166 Å². The van der Waals surface area contributed by atoms with E-state index in [9.17, 15) is 13.2 Å². The second-order valence-corrected chi connectivity index (χ2v) is 8.05. The SMILES string of the molecule is CCN(CC)S(=O)(=O)c1cccc(C(=O)N/N=C\C(C)=C\c2ccccc2)c1. The number of allylic oxidation sites excluding steroid dienone is 1.